The van der Waals surface area contributed by atoms with E-state index in [0.717, 1.165) is 4.90 Å². The number of rotatable bonds is 6. The van der Waals surface area contributed by atoms with Crippen molar-refractivity contribution in [1.82, 2.24) is 10.2 Å². The molecule has 0 saturated carbocycles. The van der Waals surface area contributed by atoms with Gasteiger partial charge >= 0.3 is 12.1 Å². The first-order valence-corrected chi connectivity index (χ1v) is 8.29. The van der Waals surface area contributed by atoms with Crippen molar-refractivity contribution < 1.29 is 31.9 Å². The second-order valence-electron chi connectivity index (χ2n) is 6.01. The fourth-order valence-corrected chi connectivity index (χ4v) is 2.67. The van der Waals surface area contributed by atoms with Gasteiger partial charge in [-0.25, -0.2) is 4.39 Å². The third kappa shape index (κ3) is 5.89. The van der Waals surface area contributed by atoms with Crippen molar-refractivity contribution in [3.63, 3.8) is 0 Å². The number of hydrogen-bond acceptors (Lipinski definition) is 3. The maximum Gasteiger partial charge on any atom is 0.471 e. The lowest BCUT2D eigenvalue weighted by atomic mass is 9.96. The molecule has 2 amide bonds. The van der Waals surface area contributed by atoms with E-state index in [0.29, 0.717) is 25.3 Å². The summed E-state index contributed by atoms with van der Waals surface area (Å²) in [4.78, 5) is 23.9. The van der Waals surface area contributed by atoms with Crippen LogP contribution < -0.4 is 10.1 Å². The molecule has 1 aromatic rings. The molecule has 1 aliphatic heterocycles. The van der Waals surface area contributed by atoms with Crippen LogP contribution in [-0.2, 0) is 9.59 Å². The Morgan fingerprint density at radius 1 is 1.15 bits per heavy atom. The summed E-state index contributed by atoms with van der Waals surface area (Å²) in [5.74, 6) is -2.31. The topological polar surface area (TPSA) is 58.6 Å². The number of ether oxygens (including phenoxy) is 1. The van der Waals surface area contributed by atoms with Crippen molar-refractivity contribution >= 4 is 11.8 Å². The Kier molecular flexibility index (Phi) is 6.82. The van der Waals surface area contributed by atoms with Gasteiger partial charge in [0.1, 0.15) is 11.6 Å². The number of halogens is 4. The SMILES string of the molecule is O=C(NCCCOc1ccc(F)cc1)C1CCN(C(=O)C(F)(F)F)CC1. The Bertz CT molecular complexity index is 611. The Hall–Kier alpha value is -2.32. The second-order valence-corrected chi connectivity index (χ2v) is 6.01. The molecule has 0 bridgehead atoms. The van der Waals surface area contributed by atoms with E-state index >= 15 is 0 Å². The first kappa shape index (κ1) is 20.0. The number of carbonyl (C=O) groups is 2. The monoisotopic (exact) mass is 376 g/mol. The Labute approximate surface area is 148 Å². The van der Waals surface area contributed by atoms with Crippen LogP contribution in [0.3, 0.4) is 0 Å². The summed E-state index contributed by atoms with van der Waals surface area (Å²) >= 11 is 0. The molecule has 0 radical (unpaired) electrons. The number of likely N-dealkylation sites (tertiary alicyclic amines) is 1. The van der Waals surface area contributed by atoms with Gasteiger partial charge in [-0.2, -0.15) is 13.2 Å². The maximum atomic E-state index is 12.7. The van der Waals surface area contributed by atoms with Crippen LogP contribution in [-0.4, -0.2) is 49.1 Å². The average molecular weight is 376 g/mol. The fraction of sp³-hybridized carbons (Fsp3) is 0.529. The summed E-state index contributed by atoms with van der Waals surface area (Å²) < 4.78 is 55.2. The summed E-state index contributed by atoms with van der Waals surface area (Å²) in [7, 11) is 0. The van der Waals surface area contributed by atoms with Crippen LogP contribution in [0.2, 0.25) is 0 Å². The first-order chi connectivity index (χ1) is 12.3. The molecule has 1 N–H and O–H groups in total. The van der Waals surface area contributed by atoms with Gasteiger partial charge in [0.2, 0.25) is 5.91 Å². The number of nitrogens with one attached hydrogen (secondary N) is 1. The van der Waals surface area contributed by atoms with Crippen molar-refractivity contribution in [2.75, 3.05) is 26.2 Å². The molecule has 1 fully saturated rings. The average Bonchev–Trinajstić information content (AvgIpc) is 2.61. The number of nitrogens with zero attached hydrogens (tertiary/aromatic N) is 1. The molecule has 2 rings (SSSR count). The van der Waals surface area contributed by atoms with Crippen LogP contribution >= 0.6 is 0 Å². The largest absolute Gasteiger partial charge is 0.494 e. The van der Waals surface area contributed by atoms with Gasteiger partial charge < -0.3 is 15.0 Å². The van der Waals surface area contributed by atoms with Crippen molar-refractivity contribution in [2.45, 2.75) is 25.4 Å². The molecule has 0 spiro atoms. The van der Waals surface area contributed by atoms with Crippen LogP contribution in [0.4, 0.5) is 17.6 Å². The van der Waals surface area contributed by atoms with Gasteiger partial charge in [-0.3, -0.25) is 9.59 Å². The molecule has 1 saturated heterocycles. The second kappa shape index (κ2) is 8.86. The van der Waals surface area contributed by atoms with Crippen LogP contribution in [0.5, 0.6) is 5.75 Å². The summed E-state index contributed by atoms with van der Waals surface area (Å²) in [5, 5.41) is 2.72. The van der Waals surface area contributed by atoms with E-state index in [1.54, 1.807) is 0 Å². The van der Waals surface area contributed by atoms with E-state index in [1.807, 2.05) is 0 Å². The molecule has 0 atom stereocenters. The van der Waals surface area contributed by atoms with Crippen LogP contribution in [0.15, 0.2) is 24.3 Å². The van der Waals surface area contributed by atoms with Crippen molar-refractivity contribution in [1.29, 1.82) is 0 Å². The molecule has 0 aromatic heterocycles. The molecule has 1 aromatic carbocycles. The highest BCUT2D eigenvalue weighted by Gasteiger charge is 2.43. The van der Waals surface area contributed by atoms with Crippen LogP contribution in [0.25, 0.3) is 0 Å². The first-order valence-electron chi connectivity index (χ1n) is 8.29. The zero-order chi connectivity index (χ0) is 19.2. The third-order valence-corrected chi connectivity index (χ3v) is 4.10. The molecular formula is C17H20F4N2O3. The van der Waals surface area contributed by atoms with Gasteiger partial charge in [-0.1, -0.05) is 0 Å². The zero-order valence-electron chi connectivity index (χ0n) is 14.0. The summed E-state index contributed by atoms with van der Waals surface area (Å²) in [6, 6.07) is 5.58. The number of amides is 2. The molecule has 1 heterocycles. The van der Waals surface area contributed by atoms with E-state index < -0.39 is 18.0 Å². The molecule has 5 nitrogen and oxygen atoms in total. The normalized spacial score (nSPS) is 15.6. The van der Waals surface area contributed by atoms with Gasteiger partial charge in [-0.15, -0.1) is 0 Å². The van der Waals surface area contributed by atoms with Gasteiger partial charge in [0.15, 0.2) is 0 Å². The lowest BCUT2D eigenvalue weighted by molar-refractivity contribution is -0.186. The van der Waals surface area contributed by atoms with E-state index in [4.69, 9.17) is 4.74 Å². The predicted octanol–water partition coefficient (Wildman–Crippen LogP) is 2.51. The Balaban J connectivity index is 1.62. The Morgan fingerprint density at radius 3 is 2.35 bits per heavy atom. The van der Waals surface area contributed by atoms with E-state index in [1.165, 1.54) is 24.3 Å². The van der Waals surface area contributed by atoms with Gasteiger partial charge in [0.05, 0.1) is 6.61 Å². The van der Waals surface area contributed by atoms with Crippen molar-refractivity contribution in [3.05, 3.63) is 30.1 Å². The Morgan fingerprint density at radius 2 is 1.77 bits per heavy atom. The smallest absolute Gasteiger partial charge is 0.471 e. The fourth-order valence-electron chi connectivity index (χ4n) is 2.67. The number of alkyl halides is 3. The number of piperidine rings is 1. The lowest BCUT2D eigenvalue weighted by Gasteiger charge is -2.31. The zero-order valence-corrected chi connectivity index (χ0v) is 14.0. The predicted molar refractivity (Wildman–Crippen MR) is 84.9 cm³/mol. The molecule has 9 heteroatoms. The minimum atomic E-state index is -4.88. The number of hydrogen-bond donors (Lipinski definition) is 1. The molecule has 0 unspecified atom stereocenters. The van der Waals surface area contributed by atoms with E-state index in [-0.39, 0.29) is 37.7 Å². The van der Waals surface area contributed by atoms with E-state index in [9.17, 15) is 27.2 Å². The van der Waals surface area contributed by atoms with Gasteiger partial charge in [0, 0.05) is 25.6 Å². The van der Waals surface area contributed by atoms with Crippen LogP contribution in [0.1, 0.15) is 19.3 Å². The molecule has 0 aliphatic carbocycles. The minimum absolute atomic E-state index is 0.0793. The molecular weight excluding hydrogens is 356 g/mol. The highest BCUT2D eigenvalue weighted by atomic mass is 19.4. The number of carbonyl (C=O) groups excluding carboxylic acids is 2. The van der Waals surface area contributed by atoms with Crippen LogP contribution in [0, 0.1) is 11.7 Å². The van der Waals surface area contributed by atoms with Crippen molar-refractivity contribution in [3.8, 4) is 5.75 Å². The molecule has 26 heavy (non-hydrogen) atoms. The third-order valence-electron chi connectivity index (χ3n) is 4.10. The molecule has 144 valence electrons. The quantitative estimate of drug-likeness (QED) is 0.613. The highest BCUT2D eigenvalue weighted by molar-refractivity contribution is 5.83. The summed E-state index contributed by atoms with van der Waals surface area (Å²) in [6.45, 7) is 0.542. The van der Waals surface area contributed by atoms with Gasteiger partial charge in [-0.05, 0) is 43.5 Å². The highest BCUT2D eigenvalue weighted by Crippen LogP contribution is 2.24. The maximum absolute atomic E-state index is 12.7. The standard InChI is InChI=1S/C17H20F4N2O3/c18-13-2-4-14(5-3-13)26-11-1-8-22-15(24)12-6-9-23(10-7-12)16(25)17(19,20)21/h2-5,12H,1,6-11H2,(H,22,24). The minimum Gasteiger partial charge on any atom is -0.494 e. The molecule has 1 aliphatic rings. The lowest BCUT2D eigenvalue weighted by Crippen LogP contribution is -2.47. The summed E-state index contributed by atoms with van der Waals surface area (Å²) in [5.41, 5.74) is 0. The van der Waals surface area contributed by atoms with Crippen molar-refractivity contribution in [2.24, 2.45) is 5.92 Å². The summed E-state index contributed by atoms with van der Waals surface area (Å²) in [6.07, 6.45) is -3.92. The van der Waals surface area contributed by atoms with E-state index in [2.05, 4.69) is 5.32 Å². The number of benzene rings is 1. The van der Waals surface area contributed by atoms with Gasteiger partial charge in [0.25, 0.3) is 0 Å².